The van der Waals surface area contributed by atoms with Gasteiger partial charge in [0.05, 0.1) is 6.04 Å². The van der Waals surface area contributed by atoms with E-state index < -0.39 is 0 Å². The van der Waals surface area contributed by atoms with Crippen LogP contribution in [-0.4, -0.2) is 29.8 Å². The van der Waals surface area contributed by atoms with Crippen LogP contribution in [0.4, 0.5) is 0 Å². The number of ketones is 1. The predicted molar refractivity (Wildman–Crippen MR) is 57.2 cm³/mol. The van der Waals surface area contributed by atoms with Crippen LogP contribution in [0.2, 0.25) is 0 Å². The highest BCUT2D eigenvalue weighted by Gasteiger charge is 2.41. The molecule has 1 saturated carbocycles. The van der Waals surface area contributed by atoms with E-state index in [-0.39, 0.29) is 6.04 Å². The van der Waals surface area contributed by atoms with E-state index in [1.54, 1.807) is 6.92 Å². The van der Waals surface area contributed by atoms with Crippen molar-refractivity contribution < 1.29 is 4.79 Å². The van der Waals surface area contributed by atoms with Crippen molar-refractivity contribution in [3.05, 3.63) is 0 Å². The fourth-order valence-corrected chi connectivity index (χ4v) is 3.09. The van der Waals surface area contributed by atoms with Gasteiger partial charge in [-0.25, -0.2) is 0 Å². The molecule has 1 spiro atoms. The van der Waals surface area contributed by atoms with E-state index in [2.05, 4.69) is 11.8 Å². The minimum absolute atomic E-state index is 0.148. The summed E-state index contributed by atoms with van der Waals surface area (Å²) in [5.41, 5.74) is 0.601. The summed E-state index contributed by atoms with van der Waals surface area (Å²) in [4.78, 5) is 13.7. The molecule has 80 valence electrons. The van der Waals surface area contributed by atoms with Crippen molar-refractivity contribution in [2.45, 2.75) is 52.0 Å². The largest absolute Gasteiger partial charge is 0.298 e. The van der Waals surface area contributed by atoms with Crippen LogP contribution in [-0.2, 0) is 4.79 Å². The van der Waals surface area contributed by atoms with Gasteiger partial charge in [-0.2, -0.15) is 0 Å². The summed E-state index contributed by atoms with van der Waals surface area (Å²) in [5.74, 6) is 0.319. The highest BCUT2D eigenvalue weighted by molar-refractivity contribution is 5.80. The fourth-order valence-electron chi connectivity index (χ4n) is 3.09. The third-order valence-electron chi connectivity index (χ3n) is 4.27. The van der Waals surface area contributed by atoms with Crippen molar-refractivity contribution in [1.29, 1.82) is 0 Å². The first-order chi connectivity index (χ1) is 6.63. The van der Waals surface area contributed by atoms with E-state index >= 15 is 0 Å². The maximum Gasteiger partial charge on any atom is 0.146 e. The van der Waals surface area contributed by atoms with Crippen LogP contribution in [0.3, 0.4) is 0 Å². The van der Waals surface area contributed by atoms with Gasteiger partial charge in [0, 0.05) is 6.54 Å². The third kappa shape index (κ3) is 1.72. The van der Waals surface area contributed by atoms with Gasteiger partial charge in [0.15, 0.2) is 0 Å². The van der Waals surface area contributed by atoms with Gasteiger partial charge in [0.1, 0.15) is 5.78 Å². The van der Waals surface area contributed by atoms with Gasteiger partial charge in [-0.15, -0.1) is 0 Å². The molecule has 1 saturated heterocycles. The van der Waals surface area contributed by atoms with Gasteiger partial charge in [-0.1, -0.05) is 12.8 Å². The van der Waals surface area contributed by atoms with Crippen LogP contribution >= 0.6 is 0 Å². The molecule has 0 aromatic rings. The van der Waals surface area contributed by atoms with Crippen molar-refractivity contribution in [3.8, 4) is 0 Å². The Balaban J connectivity index is 1.97. The number of likely N-dealkylation sites (tertiary alicyclic amines) is 1. The van der Waals surface area contributed by atoms with Gasteiger partial charge in [0.25, 0.3) is 0 Å². The van der Waals surface area contributed by atoms with E-state index in [1.165, 1.54) is 38.6 Å². The van der Waals surface area contributed by atoms with Gasteiger partial charge in [-0.3, -0.25) is 9.69 Å². The Morgan fingerprint density at radius 1 is 1.29 bits per heavy atom. The monoisotopic (exact) mass is 195 g/mol. The second kappa shape index (κ2) is 3.65. The molecule has 1 atom stereocenters. The second-order valence-electron chi connectivity index (χ2n) is 5.21. The van der Waals surface area contributed by atoms with E-state index in [4.69, 9.17) is 0 Å². The molecule has 1 aliphatic carbocycles. The molecule has 0 aromatic heterocycles. The van der Waals surface area contributed by atoms with Crippen molar-refractivity contribution in [2.24, 2.45) is 5.41 Å². The molecule has 1 heterocycles. The number of nitrogens with zero attached hydrogens (tertiary/aromatic N) is 1. The first kappa shape index (κ1) is 10.2. The normalized spacial score (nSPS) is 28.4. The highest BCUT2D eigenvalue weighted by atomic mass is 16.1. The molecule has 2 fully saturated rings. The molecule has 2 rings (SSSR count). The topological polar surface area (TPSA) is 20.3 Å². The molecule has 1 unspecified atom stereocenters. The van der Waals surface area contributed by atoms with Crippen molar-refractivity contribution in [3.63, 3.8) is 0 Å². The zero-order valence-electron chi connectivity index (χ0n) is 9.38. The maximum atomic E-state index is 11.3. The van der Waals surface area contributed by atoms with Crippen LogP contribution in [0, 0.1) is 5.41 Å². The molecule has 14 heavy (non-hydrogen) atoms. The molecule has 2 nitrogen and oxygen atoms in total. The Bertz CT molecular complexity index is 230. The molecule has 0 N–H and O–H groups in total. The minimum Gasteiger partial charge on any atom is -0.298 e. The van der Waals surface area contributed by atoms with E-state index in [1.807, 2.05) is 0 Å². The summed E-state index contributed by atoms with van der Waals surface area (Å²) in [5, 5.41) is 0. The summed E-state index contributed by atoms with van der Waals surface area (Å²) >= 11 is 0. The lowest BCUT2D eigenvalue weighted by Gasteiger charge is -2.26. The summed E-state index contributed by atoms with van der Waals surface area (Å²) in [6.45, 7) is 6.08. The van der Waals surface area contributed by atoms with Crippen LogP contribution < -0.4 is 0 Å². The smallest absolute Gasteiger partial charge is 0.146 e. The first-order valence-electron chi connectivity index (χ1n) is 5.88. The number of rotatable bonds is 2. The summed E-state index contributed by atoms with van der Waals surface area (Å²) in [7, 11) is 0. The van der Waals surface area contributed by atoms with Crippen molar-refractivity contribution >= 4 is 5.78 Å². The zero-order valence-corrected chi connectivity index (χ0v) is 9.38. The number of carbonyl (C=O) groups excluding carboxylic acids is 1. The average molecular weight is 195 g/mol. The van der Waals surface area contributed by atoms with Crippen LogP contribution in [0.25, 0.3) is 0 Å². The number of Topliss-reactive ketones (excluding diaryl/α,β-unsaturated/α-hetero) is 1. The van der Waals surface area contributed by atoms with Crippen LogP contribution in [0.5, 0.6) is 0 Å². The predicted octanol–water partition coefficient (Wildman–Crippen LogP) is 2.23. The number of carbonyl (C=O) groups is 1. The van der Waals surface area contributed by atoms with Crippen LogP contribution in [0.1, 0.15) is 46.0 Å². The molecule has 0 amide bonds. The Labute approximate surface area is 86.7 Å². The Morgan fingerprint density at radius 3 is 2.50 bits per heavy atom. The van der Waals surface area contributed by atoms with E-state index in [0.29, 0.717) is 11.2 Å². The standard InChI is InChI=1S/C12H21NO/c1-10(11(2)14)13-8-7-12(9-13)5-3-4-6-12/h10H,3-9H2,1-2H3. The van der Waals surface area contributed by atoms with E-state index in [9.17, 15) is 4.79 Å². The van der Waals surface area contributed by atoms with Crippen molar-refractivity contribution in [1.82, 2.24) is 4.90 Å². The van der Waals surface area contributed by atoms with Gasteiger partial charge in [0.2, 0.25) is 0 Å². The fraction of sp³-hybridized carbons (Fsp3) is 0.917. The quantitative estimate of drug-likeness (QED) is 0.673. The summed E-state index contributed by atoms with van der Waals surface area (Å²) < 4.78 is 0. The first-order valence-corrected chi connectivity index (χ1v) is 5.88. The molecular weight excluding hydrogens is 174 g/mol. The summed E-state index contributed by atoms with van der Waals surface area (Å²) in [6, 6.07) is 0.148. The molecule has 2 aliphatic rings. The van der Waals surface area contributed by atoms with Gasteiger partial charge >= 0.3 is 0 Å². The Kier molecular flexibility index (Phi) is 2.65. The lowest BCUT2D eigenvalue weighted by molar-refractivity contribution is -0.121. The SMILES string of the molecule is CC(=O)C(C)N1CCC2(CCCC2)C1. The highest BCUT2D eigenvalue weighted by Crippen LogP contribution is 2.45. The number of hydrogen-bond acceptors (Lipinski definition) is 2. The molecule has 0 aromatic carbocycles. The van der Waals surface area contributed by atoms with Gasteiger partial charge < -0.3 is 0 Å². The molecule has 0 bridgehead atoms. The average Bonchev–Trinajstić information content (AvgIpc) is 2.76. The second-order valence-corrected chi connectivity index (χ2v) is 5.21. The van der Waals surface area contributed by atoms with Gasteiger partial charge in [-0.05, 0) is 45.1 Å². The molecule has 0 radical (unpaired) electrons. The summed E-state index contributed by atoms with van der Waals surface area (Å²) in [6.07, 6.45) is 6.93. The Morgan fingerprint density at radius 2 is 1.93 bits per heavy atom. The Hall–Kier alpha value is -0.370. The molecule has 2 heteroatoms. The lowest BCUT2D eigenvalue weighted by Crippen LogP contribution is -2.37. The molecular formula is C12H21NO. The minimum atomic E-state index is 0.148. The maximum absolute atomic E-state index is 11.3. The third-order valence-corrected chi connectivity index (χ3v) is 4.27. The number of hydrogen-bond donors (Lipinski definition) is 0. The lowest BCUT2D eigenvalue weighted by atomic mass is 9.86. The molecule has 1 aliphatic heterocycles. The van der Waals surface area contributed by atoms with Crippen molar-refractivity contribution in [2.75, 3.05) is 13.1 Å². The van der Waals surface area contributed by atoms with Crippen LogP contribution in [0.15, 0.2) is 0 Å². The van der Waals surface area contributed by atoms with E-state index in [0.717, 1.165) is 6.54 Å². The zero-order chi connectivity index (χ0) is 10.2.